The van der Waals surface area contributed by atoms with Gasteiger partial charge in [0.05, 0.1) is 21.3 Å². The first kappa shape index (κ1) is 23.4. The number of halogens is 2. The largest absolute Gasteiger partial charge is 0.493 e. The summed E-state index contributed by atoms with van der Waals surface area (Å²) in [6.45, 7) is 1.45. The van der Waals surface area contributed by atoms with Gasteiger partial charge >= 0.3 is 5.97 Å². The molecule has 0 radical (unpaired) electrons. The molecule has 0 aliphatic heterocycles. The highest BCUT2D eigenvalue weighted by Crippen LogP contribution is 2.38. The molecular formula is C21H21Cl2NO6. The second kappa shape index (κ2) is 10.8. The van der Waals surface area contributed by atoms with Crippen molar-refractivity contribution in [3.05, 3.63) is 52.0 Å². The van der Waals surface area contributed by atoms with Gasteiger partial charge in [0.2, 0.25) is 5.75 Å². The maximum absolute atomic E-state index is 12.2. The number of carbonyl (C=O) groups is 2. The molecule has 1 unspecified atom stereocenters. The van der Waals surface area contributed by atoms with Crippen molar-refractivity contribution in [3.63, 3.8) is 0 Å². The molecule has 0 saturated carbocycles. The fraction of sp³-hybridized carbons (Fsp3) is 0.238. The lowest BCUT2D eigenvalue weighted by molar-refractivity contribution is -0.148. The van der Waals surface area contributed by atoms with E-state index in [1.165, 1.54) is 58.6 Å². The Morgan fingerprint density at radius 1 is 0.933 bits per heavy atom. The minimum atomic E-state index is -1.04. The SMILES string of the molecule is COc1cc(/C=C/C(=O)OC(C)C(=O)Nc2cc(Cl)cc(Cl)c2)cc(OC)c1OC. The van der Waals surface area contributed by atoms with Crippen molar-refractivity contribution in [1.29, 1.82) is 0 Å². The van der Waals surface area contributed by atoms with E-state index in [-0.39, 0.29) is 0 Å². The molecule has 0 aliphatic carbocycles. The molecular weight excluding hydrogens is 433 g/mol. The topological polar surface area (TPSA) is 83.1 Å². The minimum absolute atomic E-state index is 0.371. The van der Waals surface area contributed by atoms with Gasteiger partial charge in [0.15, 0.2) is 17.6 Å². The Bertz CT molecular complexity index is 915. The van der Waals surface area contributed by atoms with Gasteiger partial charge < -0.3 is 24.3 Å². The number of hydrogen-bond donors (Lipinski definition) is 1. The van der Waals surface area contributed by atoms with E-state index in [0.29, 0.717) is 38.5 Å². The fourth-order valence-electron chi connectivity index (χ4n) is 2.50. The summed E-state index contributed by atoms with van der Waals surface area (Å²) in [4.78, 5) is 24.3. The number of methoxy groups -OCH3 is 3. The van der Waals surface area contributed by atoms with E-state index >= 15 is 0 Å². The molecule has 1 amide bonds. The maximum Gasteiger partial charge on any atom is 0.331 e. The fourth-order valence-corrected chi connectivity index (χ4v) is 3.02. The van der Waals surface area contributed by atoms with Crippen LogP contribution in [0.25, 0.3) is 6.08 Å². The highest BCUT2D eigenvalue weighted by Gasteiger charge is 2.17. The number of anilines is 1. The Labute approximate surface area is 184 Å². The van der Waals surface area contributed by atoms with Crippen molar-refractivity contribution >= 4 is 46.8 Å². The number of benzene rings is 2. The molecule has 0 bridgehead atoms. The monoisotopic (exact) mass is 453 g/mol. The molecule has 1 N–H and O–H groups in total. The van der Waals surface area contributed by atoms with Crippen LogP contribution in [0.5, 0.6) is 17.2 Å². The van der Waals surface area contributed by atoms with Gasteiger partial charge in [0, 0.05) is 21.8 Å². The number of amides is 1. The minimum Gasteiger partial charge on any atom is -0.493 e. The van der Waals surface area contributed by atoms with E-state index in [4.69, 9.17) is 42.1 Å². The Morgan fingerprint density at radius 3 is 2.00 bits per heavy atom. The number of nitrogens with one attached hydrogen (secondary N) is 1. The van der Waals surface area contributed by atoms with Crippen LogP contribution in [0.2, 0.25) is 10.0 Å². The summed E-state index contributed by atoms with van der Waals surface area (Å²) in [6.07, 6.45) is 1.66. The van der Waals surface area contributed by atoms with E-state index in [2.05, 4.69) is 5.32 Å². The van der Waals surface area contributed by atoms with Gasteiger partial charge in [-0.05, 0) is 48.9 Å². The lowest BCUT2D eigenvalue weighted by Crippen LogP contribution is -2.29. The molecule has 0 saturated heterocycles. The van der Waals surface area contributed by atoms with E-state index in [0.717, 1.165) is 0 Å². The van der Waals surface area contributed by atoms with E-state index < -0.39 is 18.0 Å². The van der Waals surface area contributed by atoms with Gasteiger partial charge in [-0.15, -0.1) is 0 Å². The van der Waals surface area contributed by atoms with E-state index in [1.54, 1.807) is 12.1 Å². The lowest BCUT2D eigenvalue weighted by Gasteiger charge is -2.13. The Hall–Kier alpha value is -2.90. The average molecular weight is 454 g/mol. The zero-order valence-electron chi connectivity index (χ0n) is 16.8. The number of hydrogen-bond acceptors (Lipinski definition) is 6. The summed E-state index contributed by atoms with van der Waals surface area (Å²) in [5, 5.41) is 3.33. The summed E-state index contributed by atoms with van der Waals surface area (Å²) in [5.74, 6) is 0.0973. The standard InChI is InChI=1S/C21H21Cl2NO6/c1-12(21(26)24-16-10-14(22)9-15(23)11-16)30-19(25)6-5-13-7-17(27-2)20(29-4)18(8-13)28-3/h5-12H,1-4H3,(H,24,26)/b6-5+. The number of rotatable bonds is 8. The molecule has 0 fully saturated rings. The van der Waals surface area contributed by atoms with Crippen molar-refractivity contribution in [1.82, 2.24) is 0 Å². The summed E-state index contributed by atoms with van der Waals surface area (Å²) < 4.78 is 20.9. The van der Waals surface area contributed by atoms with Crippen LogP contribution < -0.4 is 19.5 Å². The van der Waals surface area contributed by atoms with Crippen LogP contribution in [0.15, 0.2) is 36.4 Å². The van der Waals surface area contributed by atoms with Crippen molar-refractivity contribution in [2.24, 2.45) is 0 Å². The van der Waals surface area contributed by atoms with Crippen LogP contribution in [-0.4, -0.2) is 39.3 Å². The summed E-state index contributed by atoms with van der Waals surface area (Å²) in [6, 6.07) is 7.94. The van der Waals surface area contributed by atoms with Gasteiger partial charge in [-0.3, -0.25) is 4.79 Å². The average Bonchev–Trinajstić information content (AvgIpc) is 2.70. The molecule has 7 nitrogen and oxygen atoms in total. The van der Waals surface area contributed by atoms with Crippen molar-refractivity contribution in [2.75, 3.05) is 26.6 Å². The number of esters is 1. The van der Waals surface area contributed by atoms with Gasteiger partial charge in [0.25, 0.3) is 5.91 Å². The first-order valence-corrected chi connectivity index (χ1v) is 9.48. The quantitative estimate of drug-likeness (QED) is 0.464. The zero-order chi connectivity index (χ0) is 22.3. The Morgan fingerprint density at radius 2 is 1.50 bits per heavy atom. The second-order valence-corrected chi connectivity index (χ2v) is 6.89. The third-order valence-electron chi connectivity index (χ3n) is 3.89. The normalized spacial score (nSPS) is 11.7. The predicted octanol–water partition coefficient (Wildman–Crippen LogP) is 4.60. The van der Waals surface area contributed by atoms with Gasteiger partial charge in [-0.1, -0.05) is 23.2 Å². The Balaban J connectivity index is 2.03. The van der Waals surface area contributed by atoms with Crippen LogP contribution in [0.1, 0.15) is 12.5 Å². The smallest absolute Gasteiger partial charge is 0.331 e. The summed E-state index contributed by atoms with van der Waals surface area (Å²) >= 11 is 11.8. The van der Waals surface area contributed by atoms with Crippen LogP contribution in [0.3, 0.4) is 0 Å². The zero-order valence-corrected chi connectivity index (χ0v) is 18.3. The first-order chi connectivity index (χ1) is 14.3. The van der Waals surface area contributed by atoms with Crippen LogP contribution in [0.4, 0.5) is 5.69 Å². The molecule has 2 aromatic rings. The van der Waals surface area contributed by atoms with Gasteiger partial charge in [-0.2, -0.15) is 0 Å². The maximum atomic E-state index is 12.2. The van der Waals surface area contributed by atoms with Crippen LogP contribution in [-0.2, 0) is 14.3 Å². The molecule has 160 valence electrons. The predicted molar refractivity (Wildman–Crippen MR) is 116 cm³/mol. The molecule has 30 heavy (non-hydrogen) atoms. The second-order valence-electron chi connectivity index (χ2n) is 6.02. The number of ether oxygens (including phenoxy) is 4. The van der Waals surface area contributed by atoms with Crippen molar-refractivity contribution in [3.8, 4) is 17.2 Å². The molecule has 0 aliphatic rings. The Kier molecular flexibility index (Phi) is 8.38. The summed E-state index contributed by atoms with van der Waals surface area (Å²) in [5.41, 5.74) is 1.01. The molecule has 0 aromatic heterocycles. The highest BCUT2D eigenvalue weighted by atomic mass is 35.5. The summed E-state index contributed by atoms with van der Waals surface area (Å²) in [7, 11) is 4.48. The van der Waals surface area contributed by atoms with Crippen LogP contribution in [0, 0.1) is 0 Å². The molecule has 1 atom stereocenters. The molecule has 0 heterocycles. The third kappa shape index (κ3) is 6.30. The van der Waals surface area contributed by atoms with Crippen molar-refractivity contribution in [2.45, 2.75) is 13.0 Å². The molecule has 0 spiro atoms. The first-order valence-electron chi connectivity index (χ1n) is 8.73. The highest BCUT2D eigenvalue weighted by molar-refractivity contribution is 6.35. The van der Waals surface area contributed by atoms with E-state index in [1.807, 2.05) is 0 Å². The lowest BCUT2D eigenvalue weighted by atomic mass is 10.1. The molecule has 9 heteroatoms. The van der Waals surface area contributed by atoms with Crippen LogP contribution >= 0.6 is 23.2 Å². The third-order valence-corrected chi connectivity index (χ3v) is 4.33. The van der Waals surface area contributed by atoms with Crippen molar-refractivity contribution < 1.29 is 28.5 Å². The van der Waals surface area contributed by atoms with Gasteiger partial charge in [-0.25, -0.2) is 4.79 Å². The molecule has 2 rings (SSSR count). The van der Waals surface area contributed by atoms with Gasteiger partial charge in [0.1, 0.15) is 0 Å². The van der Waals surface area contributed by atoms with E-state index in [9.17, 15) is 9.59 Å². The molecule has 2 aromatic carbocycles. The number of carbonyl (C=O) groups excluding carboxylic acids is 2.